The van der Waals surface area contributed by atoms with Gasteiger partial charge in [-0.25, -0.2) is 14.2 Å². The maximum atomic E-state index is 15.2. The number of pyridine rings is 1. The molecule has 2 atom stereocenters. The summed E-state index contributed by atoms with van der Waals surface area (Å²) in [7, 11) is 0. The summed E-state index contributed by atoms with van der Waals surface area (Å²) in [6, 6.07) is 19.0. The zero-order valence-corrected chi connectivity index (χ0v) is 27.1. The van der Waals surface area contributed by atoms with E-state index in [1.807, 2.05) is 42.5 Å². The van der Waals surface area contributed by atoms with Crippen LogP contribution in [0.5, 0.6) is 0 Å². The van der Waals surface area contributed by atoms with Crippen LogP contribution in [0, 0.1) is 5.82 Å². The van der Waals surface area contributed by atoms with E-state index >= 15 is 4.39 Å². The summed E-state index contributed by atoms with van der Waals surface area (Å²) < 4.78 is 16.6. The van der Waals surface area contributed by atoms with Crippen molar-refractivity contribution in [3.8, 4) is 16.9 Å². The highest BCUT2D eigenvalue weighted by atomic mass is 35.5. The largest absolute Gasteiger partial charge is 0.370 e. The molecule has 246 valence electrons. The minimum absolute atomic E-state index is 0.0606. The molecule has 0 aliphatic rings. The maximum absolute atomic E-state index is 15.2. The molecule has 3 aromatic heterocycles. The molecule has 47 heavy (non-hydrogen) atoms. The number of aryl methyl sites for hydroxylation is 1. The molecular weight excluding hydrogens is 619 g/mol. The van der Waals surface area contributed by atoms with E-state index in [0.29, 0.717) is 60.1 Å². The number of H-pyrrole nitrogens is 1. The van der Waals surface area contributed by atoms with Crippen molar-refractivity contribution >= 4 is 34.4 Å². The zero-order valence-electron chi connectivity index (χ0n) is 26.3. The third kappa shape index (κ3) is 9.16. The van der Waals surface area contributed by atoms with Gasteiger partial charge < -0.3 is 32.8 Å². The molecule has 3 heterocycles. The van der Waals surface area contributed by atoms with Crippen LogP contribution < -0.4 is 33.5 Å². The first-order valence-electron chi connectivity index (χ1n) is 15.6. The number of guanidine groups is 1. The highest BCUT2D eigenvalue weighted by molar-refractivity contribution is 6.31. The number of rotatable bonds is 15. The van der Waals surface area contributed by atoms with Gasteiger partial charge in [-0.15, -0.1) is 0 Å². The molecule has 5 rings (SSSR count). The number of nitrogens with two attached hydrogens (primary N) is 2. The third-order valence-corrected chi connectivity index (χ3v) is 8.10. The number of hydrogen-bond acceptors (Lipinski definition) is 6. The van der Waals surface area contributed by atoms with Gasteiger partial charge in [-0.1, -0.05) is 29.8 Å². The summed E-state index contributed by atoms with van der Waals surface area (Å²) in [5.74, 6) is 0.332. The topological polar surface area (TPSA) is 180 Å². The van der Waals surface area contributed by atoms with Gasteiger partial charge in [0.25, 0.3) is 0 Å². The minimum Gasteiger partial charge on any atom is -0.370 e. The Hall–Kier alpha value is -4.78. The monoisotopic (exact) mass is 659 g/mol. The smallest absolute Gasteiger partial charge is 0.354 e. The average Bonchev–Trinajstić information content (AvgIpc) is 3.46. The Morgan fingerprint density at radius 1 is 1.13 bits per heavy atom. The van der Waals surface area contributed by atoms with Crippen molar-refractivity contribution in [2.24, 2.45) is 16.5 Å². The molecule has 10 N–H and O–H groups in total. The molecule has 5 aromatic rings. The van der Waals surface area contributed by atoms with E-state index in [2.05, 4.69) is 43.2 Å². The van der Waals surface area contributed by atoms with Crippen LogP contribution in [0.25, 0.3) is 28.0 Å². The van der Waals surface area contributed by atoms with Gasteiger partial charge >= 0.3 is 5.69 Å². The van der Waals surface area contributed by atoms with E-state index < -0.39 is 11.5 Å². The average molecular weight is 660 g/mol. The zero-order chi connectivity index (χ0) is 33.3. The van der Waals surface area contributed by atoms with E-state index in [0.717, 1.165) is 36.2 Å². The minimum atomic E-state index is -0.516. The number of aromatic amines is 1. The highest BCUT2D eigenvalue weighted by Gasteiger charge is 2.16. The van der Waals surface area contributed by atoms with Crippen molar-refractivity contribution in [2.45, 2.75) is 51.2 Å². The normalized spacial score (nSPS) is 12.6. The van der Waals surface area contributed by atoms with Crippen molar-refractivity contribution in [3.05, 3.63) is 106 Å². The van der Waals surface area contributed by atoms with Gasteiger partial charge in [-0.3, -0.25) is 9.56 Å². The van der Waals surface area contributed by atoms with Crippen LogP contribution in [0.15, 0.2) is 82.8 Å². The summed E-state index contributed by atoms with van der Waals surface area (Å²) in [6.45, 7) is 3.78. The molecule has 2 aromatic carbocycles. The number of nitrogens with one attached hydrogen (secondary N) is 3. The first-order valence-corrected chi connectivity index (χ1v) is 16.0. The van der Waals surface area contributed by atoms with Gasteiger partial charge in [0.05, 0.1) is 22.4 Å². The third-order valence-electron chi connectivity index (χ3n) is 7.82. The molecule has 0 fully saturated rings. The first kappa shape index (κ1) is 33.6. The van der Waals surface area contributed by atoms with Crippen LogP contribution in [-0.4, -0.2) is 50.7 Å². The number of benzene rings is 2. The van der Waals surface area contributed by atoms with Crippen LogP contribution in [-0.2, 0) is 13.0 Å². The number of nitrogens with zero attached hydrogens (tertiary/aromatic N) is 4. The Balaban J connectivity index is 1.29. The van der Waals surface area contributed by atoms with E-state index in [4.69, 9.17) is 23.1 Å². The lowest BCUT2D eigenvalue weighted by molar-refractivity contribution is -0.415. The Bertz CT molecular complexity index is 1870. The summed E-state index contributed by atoms with van der Waals surface area (Å²) in [6.07, 6.45) is 6.82. The van der Waals surface area contributed by atoms with Gasteiger partial charge in [0.1, 0.15) is 11.5 Å². The van der Waals surface area contributed by atoms with Gasteiger partial charge in [0, 0.05) is 49.0 Å². The fraction of sp³-hybridized carbons (Fsp3) is 0.294. The number of aromatic nitrogens is 4. The van der Waals surface area contributed by atoms with Gasteiger partial charge in [-0.2, -0.15) is 4.98 Å². The van der Waals surface area contributed by atoms with Crippen molar-refractivity contribution in [1.29, 1.82) is 0 Å². The molecule has 0 bridgehead atoms. The number of hydrogen-bond donors (Lipinski definition) is 6. The molecular formula is C34H41ClFN10O+. The van der Waals surface area contributed by atoms with Crippen LogP contribution in [0.4, 0.5) is 10.2 Å². The SMILES string of the molecule is CC([NH3+])CCCc1cc(Cl)c(F)c(-c2cc3cn(-c4ccc(CNC(CCN=C(N)N)CNc5ccccn5)cc4)c(=O)nc3[nH]2)c1. The fourth-order valence-corrected chi connectivity index (χ4v) is 5.56. The van der Waals surface area contributed by atoms with Gasteiger partial charge in [0.15, 0.2) is 11.8 Å². The van der Waals surface area contributed by atoms with Crippen LogP contribution in [0.3, 0.4) is 0 Å². The van der Waals surface area contributed by atoms with Crippen molar-refractivity contribution in [3.63, 3.8) is 0 Å². The molecule has 0 spiro atoms. The first-order chi connectivity index (χ1) is 22.7. The van der Waals surface area contributed by atoms with Crippen LogP contribution in [0.1, 0.15) is 37.3 Å². The lowest BCUT2D eigenvalue weighted by Gasteiger charge is -2.19. The number of halogens is 2. The van der Waals surface area contributed by atoms with Gasteiger partial charge in [-0.05, 0) is 86.2 Å². The second-order valence-corrected chi connectivity index (χ2v) is 12.2. The van der Waals surface area contributed by atoms with E-state index in [1.54, 1.807) is 30.6 Å². The summed E-state index contributed by atoms with van der Waals surface area (Å²) in [5.41, 5.74) is 18.5. The maximum Gasteiger partial charge on any atom is 0.354 e. The molecule has 0 saturated carbocycles. The fourth-order valence-electron chi connectivity index (χ4n) is 5.32. The van der Waals surface area contributed by atoms with E-state index in [9.17, 15) is 4.79 Å². The van der Waals surface area contributed by atoms with Crippen molar-refractivity contribution in [2.75, 3.05) is 18.4 Å². The molecule has 2 unspecified atom stereocenters. The lowest BCUT2D eigenvalue weighted by atomic mass is 10.0. The second kappa shape index (κ2) is 15.7. The van der Waals surface area contributed by atoms with Crippen LogP contribution in [0.2, 0.25) is 5.02 Å². The molecule has 0 aliphatic carbocycles. The van der Waals surface area contributed by atoms with Crippen LogP contribution >= 0.6 is 11.6 Å². The summed E-state index contributed by atoms with van der Waals surface area (Å²) >= 11 is 6.27. The number of quaternary nitrogens is 1. The number of anilines is 1. The standard InChI is InChI=1S/C34H40ClFN10O/c1-21(37)5-4-6-23-15-27(31(36)28(35)16-23)29-17-24-20-46(34(47)45-32(24)44-29)26-10-8-22(9-11-26)18-42-25(12-14-41-33(38)39)19-43-30-7-2-3-13-40-30/h2-3,7-11,13,15-17,20-21,25,42H,4-6,12,14,18-19,37H2,1H3,(H,40,43)(H4,38,39,41)(H,44,45,47)/p+1. The summed E-state index contributed by atoms with van der Waals surface area (Å²) in [5, 5.41) is 7.62. The molecule has 11 nitrogen and oxygen atoms in total. The Morgan fingerprint density at radius 3 is 2.66 bits per heavy atom. The highest BCUT2D eigenvalue weighted by Crippen LogP contribution is 2.31. The van der Waals surface area contributed by atoms with Crippen molar-refractivity contribution in [1.82, 2.24) is 24.8 Å². The Labute approximate surface area is 277 Å². The number of aliphatic imine (C=N–C) groups is 1. The van der Waals surface area contributed by atoms with Crippen molar-refractivity contribution < 1.29 is 10.1 Å². The molecule has 13 heteroatoms. The Morgan fingerprint density at radius 2 is 1.94 bits per heavy atom. The second-order valence-electron chi connectivity index (χ2n) is 11.8. The Kier molecular flexibility index (Phi) is 11.2. The molecule has 0 amide bonds. The lowest BCUT2D eigenvalue weighted by Crippen LogP contribution is -2.58. The predicted molar refractivity (Wildman–Crippen MR) is 186 cm³/mol. The van der Waals surface area contributed by atoms with E-state index in [-0.39, 0.29) is 17.0 Å². The number of fused-ring (bicyclic) bond motifs is 1. The molecule has 0 radical (unpaired) electrons. The molecule has 0 aliphatic heterocycles. The quantitative estimate of drug-likeness (QED) is 0.0731. The van der Waals surface area contributed by atoms with Gasteiger partial charge in [0.2, 0.25) is 0 Å². The van der Waals surface area contributed by atoms with E-state index in [1.165, 1.54) is 4.57 Å². The predicted octanol–water partition coefficient (Wildman–Crippen LogP) is 3.76. The molecule has 0 saturated heterocycles. The summed E-state index contributed by atoms with van der Waals surface area (Å²) in [4.78, 5) is 28.8.